The highest BCUT2D eigenvalue weighted by Crippen LogP contribution is 2.22. The molecule has 1 atom stereocenters. The van der Waals surface area contributed by atoms with Crippen molar-refractivity contribution in [3.8, 4) is 0 Å². The van der Waals surface area contributed by atoms with E-state index < -0.39 is 12.0 Å². The van der Waals surface area contributed by atoms with Gasteiger partial charge in [-0.3, -0.25) is 4.79 Å². The number of aromatic amines is 1. The molecule has 98 valence electrons. The van der Waals surface area contributed by atoms with Crippen LogP contribution in [0.3, 0.4) is 0 Å². The number of rotatable bonds is 2. The molecule has 1 aliphatic rings. The van der Waals surface area contributed by atoms with Crippen LogP contribution < -0.4 is 0 Å². The first kappa shape index (κ1) is 11.8. The molecule has 0 bridgehead atoms. The molecule has 1 unspecified atom stereocenters. The Hall–Kier alpha value is -2.22. The molecular weight excluding hydrogens is 268 g/mol. The molecule has 0 spiro atoms. The van der Waals surface area contributed by atoms with E-state index in [0.717, 1.165) is 5.69 Å². The van der Waals surface area contributed by atoms with Crippen LogP contribution in [0.2, 0.25) is 0 Å². The molecule has 2 aromatic rings. The molecule has 3 heterocycles. The number of hydrogen-bond donors (Lipinski definition) is 2. The van der Waals surface area contributed by atoms with Gasteiger partial charge in [-0.25, -0.2) is 14.8 Å². The lowest BCUT2D eigenvalue weighted by Gasteiger charge is -2.31. The third kappa shape index (κ3) is 1.99. The van der Waals surface area contributed by atoms with Crippen molar-refractivity contribution in [2.75, 3.05) is 0 Å². The van der Waals surface area contributed by atoms with Gasteiger partial charge in [0.05, 0.1) is 29.8 Å². The first-order chi connectivity index (χ1) is 9.16. The number of nitrogens with one attached hydrogen (secondary N) is 1. The van der Waals surface area contributed by atoms with Gasteiger partial charge in [-0.05, 0) is 0 Å². The fraction of sp³-hybridized carbons (Fsp3) is 0.273. The number of imidazole rings is 1. The van der Waals surface area contributed by atoms with Crippen molar-refractivity contribution >= 4 is 23.2 Å². The van der Waals surface area contributed by atoms with Gasteiger partial charge in [0, 0.05) is 11.8 Å². The summed E-state index contributed by atoms with van der Waals surface area (Å²) in [5.74, 6) is -1.40. The van der Waals surface area contributed by atoms with Gasteiger partial charge in [-0.15, -0.1) is 11.3 Å². The Morgan fingerprint density at radius 2 is 2.32 bits per heavy atom. The van der Waals surface area contributed by atoms with Gasteiger partial charge >= 0.3 is 5.97 Å². The van der Waals surface area contributed by atoms with Gasteiger partial charge in [-0.2, -0.15) is 0 Å². The molecule has 2 aromatic heterocycles. The molecule has 1 amide bonds. The molecule has 3 rings (SSSR count). The standard InChI is InChI=1S/C11H10N4O3S/c16-10(8-3-19-5-14-8)15-2-7-6(12-4-13-7)1-9(15)11(17)18/h3-5,9H,1-2H2,(H,12,13)(H,17,18). The zero-order valence-corrected chi connectivity index (χ0v) is 10.6. The summed E-state index contributed by atoms with van der Waals surface area (Å²) in [4.78, 5) is 35.9. The van der Waals surface area contributed by atoms with Crippen molar-refractivity contribution < 1.29 is 14.7 Å². The maximum atomic E-state index is 12.3. The lowest BCUT2D eigenvalue weighted by atomic mass is 10.0. The highest BCUT2D eigenvalue weighted by Gasteiger charge is 2.36. The Kier molecular flexibility index (Phi) is 2.79. The third-order valence-corrected chi connectivity index (χ3v) is 3.68. The number of aromatic nitrogens is 3. The number of amides is 1. The zero-order chi connectivity index (χ0) is 13.4. The van der Waals surface area contributed by atoms with Crippen LogP contribution in [0, 0.1) is 0 Å². The second-order valence-electron chi connectivity index (χ2n) is 4.19. The van der Waals surface area contributed by atoms with Crippen molar-refractivity contribution in [3.63, 3.8) is 0 Å². The predicted octanol–water partition coefficient (Wildman–Crippen LogP) is 0.518. The minimum Gasteiger partial charge on any atom is -0.480 e. The van der Waals surface area contributed by atoms with Gasteiger partial charge in [0.1, 0.15) is 11.7 Å². The van der Waals surface area contributed by atoms with E-state index in [1.165, 1.54) is 22.6 Å². The van der Waals surface area contributed by atoms with E-state index in [1.54, 1.807) is 10.9 Å². The molecular formula is C11H10N4O3S. The van der Waals surface area contributed by atoms with Gasteiger partial charge in [-0.1, -0.05) is 0 Å². The number of carbonyl (C=O) groups excluding carboxylic acids is 1. The van der Waals surface area contributed by atoms with Crippen LogP contribution >= 0.6 is 11.3 Å². The SMILES string of the molecule is O=C(O)C1Cc2nc[nH]c2CN1C(=O)c1cscn1. The molecule has 7 nitrogen and oxygen atoms in total. The largest absolute Gasteiger partial charge is 0.480 e. The van der Waals surface area contributed by atoms with Gasteiger partial charge in [0.15, 0.2) is 0 Å². The minimum atomic E-state index is -1.03. The van der Waals surface area contributed by atoms with Crippen molar-refractivity contribution in [1.82, 2.24) is 19.9 Å². The number of hydrogen-bond acceptors (Lipinski definition) is 5. The van der Waals surface area contributed by atoms with Crippen LogP contribution in [-0.4, -0.2) is 42.9 Å². The molecule has 1 aliphatic heterocycles. The molecule has 2 N–H and O–H groups in total. The lowest BCUT2D eigenvalue weighted by molar-refractivity contribution is -0.142. The normalized spacial score (nSPS) is 18.1. The summed E-state index contributed by atoms with van der Waals surface area (Å²) in [6.45, 7) is 0.211. The molecule has 0 saturated heterocycles. The number of fused-ring (bicyclic) bond motifs is 1. The number of nitrogens with zero attached hydrogens (tertiary/aromatic N) is 3. The molecule has 0 aromatic carbocycles. The minimum absolute atomic E-state index is 0.211. The van der Waals surface area contributed by atoms with Crippen LogP contribution in [-0.2, 0) is 17.8 Å². The molecule has 0 saturated carbocycles. The Morgan fingerprint density at radius 3 is 3.00 bits per heavy atom. The molecule has 19 heavy (non-hydrogen) atoms. The summed E-state index contributed by atoms with van der Waals surface area (Å²) in [5.41, 5.74) is 3.31. The van der Waals surface area contributed by atoms with Crippen LogP contribution in [0.5, 0.6) is 0 Å². The predicted molar refractivity (Wildman–Crippen MR) is 65.7 cm³/mol. The van der Waals surface area contributed by atoms with Crippen molar-refractivity contribution in [2.24, 2.45) is 0 Å². The van der Waals surface area contributed by atoms with Gasteiger partial charge in [0.25, 0.3) is 5.91 Å². The van der Waals surface area contributed by atoms with E-state index in [4.69, 9.17) is 0 Å². The average Bonchev–Trinajstić information content (AvgIpc) is 3.06. The fourth-order valence-electron chi connectivity index (χ4n) is 2.14. The average molecular weight is 278 g/mol. The number of aliphatic carboxylic acids is 1. The summed E-state index contributed by atoms with van der Waals surface area (Å²) in [7, 11) is 0. The summed E-state index contributed by atoms with van der Waals surface area (Å²) in [5, 5.41) is 10.9. The number of thiazole rings is 1. The molecule has 8 heteroatoms. The first-order valence-corrected chi connectivity index (χ1v) is 6.54. The summed E-state index contributed by atoms with van der Waals surface area (Å²) in [6, 6.07) is -0.898. The van der Waals surface area contributed by atoms with Crippen LogP contribution in [0.4, 0.5) is 0 Å². The van der Waals surface area contributed by atoms with E-state index in [-0.39, 0.29) is 24.6 Å². The quantitative estimate of drug-likeness (QED) is 0.834. The van der Waals surface area contributed by atoms with Crippen molar-refractivity contribution in [1.29, 1.82) is 0 Å². The van der Waals surface area contributed by atoms with Crippen molar-refractivity contribution in [2.45, 2.75) is 19.0 Å². The second-order valence-corrected chi connectivity index (χ2v) is 4.91. The smallest absolute Gasteiger partial charge is 0.326 e. The van der Waals surface area contributed by atoms with Crippen LogP contribution in [0.25, 0.3) is 0 Å². The van der Waals surface area contributed by atoms with E-state index in [0.29, 0.717) is 5.69 Å². The molecule has 0 radical (unpaired) electrons. The Morgan fingerprint density at radius 1 is 1.47 bits per heavy atom. The second kappa shape index (κ2) is 4.47. The topological polar surface area (TPSA) is 99.2 Å². The number of carbonyl (C=O) groups is 2. The Labute approximate surface area is 111 Å². The Balaban J connectivity index is 1.95. The third-order valence-electron chi connectivity index (χ3n) is 3.10. The summed E-state index contributed by atoms with van der Waals surface area (Å²) < 4.78 is 0. The fourth-order valence-corrected chi connectivity index (χ4v) is 2.66. The highest BCUT2D eigenvalue weighted by molar-refractivity contribution is 7.07. The number of carboxylic acid groups (broad SMARTS) is 1. The number of H-pyrrole nitrogens is 1. The number of carboxylic acids is 1. The summed E-state index contributed by atoms with van der Waals surface area (Å²) >= 11 is 1.30. The van der Waals surface area contributed by atoms with Crippen LogP contribution in [0.15, 0.2) is 17.2 Å². The van der Waals surface area contributed by atoms with Crippen molar-refractivity contribution in [3.05, 3.63) is 34.3 Å². The molecule has 0 aliphatic carbocycles. The van der Waals surface area contributed by atoms with Gasteiger partial charge in [0.2, 0.25) is 0 Å². The monoisotopic (exact) mass is 278 g/mol. The summed E-state index contributed by atoms with van der Waals surface area (Å²) in [6.07, 6.45) is 1.73. The van der Waals surface area contributed by atoms with Crippen LogP contribution in [0.1, 0.15) is 21.9 Å². The lowest BCUT2D eigenvalue weighted by Crippen LogP contribution is -2.48. The van der Waals surface area contributed by atoms with E-state index in [1.807, 2.05) is 0 Å². The maximum Gasteiger partial charge on any atom is 0.326 e. The maximum absolute atomic E-state index is 12.3. The Bertz CT molecular complexity index is 622. The zero-order valence-electron chi connectivity index (χ0n) is 9.74. The molecule has 0 fully saturated rings. The highest BCUT2D eigenvalue weighted by atomic mass is 32.1. The van der Waals surface area contributed by atoms with Gasteiger partial charge < -0.3 is 15.0 Å². The van der Waals surface area contributed by atoms with E-state index in [2.05, 4.69) is 15.0 Å². The van der Waals surface area contributed by atoms with E-state index in [9.17, 15) is 14.7 Å². The first-order valence-electron chi connectivity index (χ1n) is 5.60. The van der Waals surface area contributed by atoms with E-state index >= 15 is 0 Å².